The van der Waals surface area contributed by atoms with Gasteiger partial charge in [0.25, 0.3) is 17.7 Å². The van der Waals surface area contributed by atoms with Gasteiger partial charge in [-0.15, -0.1) is 11.3 Å². The molecule has 356 valence electrons. The van der Waals surface area contributed by atoms with Crippen molar-refractivity contribution in [1.82, 2.24) is 14.5 Å². The van der Waals surface area contributed by atoms with Gasteiger partial charge in [-0.1, -0.05) is 12.7 Å². The van der Waals surface area contributed by atoms with Crippen LogP contribution in [0.15, 0.2) is 85.7 Å². The monoisotopic (exact) mass is 944 g/mol. The molecule has 0 spiro atoms. The van der Waals surface area contributed by atoms with Crippen LogP contribution >= 0.6 is 11.3 Å². The van der Waals surface area contributed by atoms with E-state index in [2.05, 4.69) is 27.5 Å². The molecule has 18 heteroatoms. The van der Waals surface area contributed by atoms with Gasteiger partial charge < -0.3 is 50.1 Å². The Labute approximate surface area is 398 Å². The summed E-state index contributed by atoms with van der Waals surface area (Å²) in [5, 5.41) is 8.62. The summed E-state index contributed by atoms with van der Waals surface area (Å²) in [5.41, 5.74) is 11.0. The lowest BCUT2D eigenvalue weighted by molar-refractivity contribution is -0.198. The molecule has 0 bridgehead atoms. The minimum Gasteiger partial charge on any atom is -0.493 e. The molecular formula is C50H56N8O9S. The number of fused-ring (bicyclic) bond motifs is 2. The maximum absolute atomic E-state index is 14.2. The maximum atomic E-state index is 14.2. The van der Waals surface area contributed by atoms with Crippen LogP contribution in [0.25, 0.3) is 10.6 Å². The Bertz CT molecular complexity index is 2680. The van der Waals surface area contributed by atoms with E-state index in [0.29, 0.717) is 94.0 Å². The fourth-order valence-electron chi connectivity index (χ4n) is 8.59. The summed E-state index contributed by atoms with van der Waals surface area (Å²) < 4.78 is 26.0. The van der Waals surface area contributed by atoms with E-state index in [9.17, 15) is 24.0 Å². The summed E-state index contributed by atoms with van der Waals surface area (Å²) in [5.74, 6) is -0.651. The zero-order chi connectivity index (χ0) is 47.9. The van der Waals surface area contributed by atoms with E-state index in [1.54, 1.807) is 78.6 Å². The maximum Gasteiger partial charge on any atom is 0.416 e. The van der Waals surface area contributed by atoms with Crippen LogP contribution in [0.3, 0.4) is 0 Å². The highest BCUT2D eigenvalue weighted by atomic mass is 32.1. The molecule has 6 heterocycles. The van der Waals surface area contributed by atoms with Gasteiger partial charge in [0.2, 0.25) is 5.91 Å². The average molecular weight is 945 g/mol. The van der Waals surface area contributed by atoms with E-state index in [1.165, 1.54) is 22.3 Å². The van der Waals surface area contributed by atoms with Gasteiger partial charge in [0.1, 0.15) is 18.1 Å². The molecule has 0 saturated carbocycles. The Balaban J connectivity index is 0.871. The number of nitrogens with two attached hydrogens (primary N) is 1. The summed E-state index contributed by atoms with van der Waals surface area (Å²) in [6.07, 6.45) is 7.94. The van der Waals surface area contributed by atoms with Crippen molar-refractivity contribution in [2.45, 2.75) is 83.8 Å². The molecule has 5 amide bonds. The van der Waals surface area contributed by atoms with Gasteiger partial charge in [0.05, 0.1) is 56.9 Å². The first-order valence-corrected chi connectivity index (χ1v) is 23.6. The van der Waals surface area contributed by atoms with Crippen LogP contribution in [0.4, 0.5) is 33.2 Å². The van der Waals surface area contributed by atoms with Crippen LogP contribution in [-0.2, 0) is 26.1 Å². The smallest absolute Gasteiger partial charge is 0.416 e. The quantitative estimate of drug-likeness (QED) is 0.0444. The second kappa shape index (κ2) is 21.3. The minimum atomic E-state index is -0.866. The van der Waals surface area contributed by atoms with E-state index in [4.69, 9.17) is 24.7 Å². The molecule has 3 aliphatic heterocycles. The molecule has 8 rings (SSSR count). The number of nitrogens with zero attached hydrogens (tertiary/aromatic N) is 4. The van der Waals surface area contributed by atoms with Gasteiger partial charge >= 0.3 is 6.09 Å². The SMILES string of the molecule is C=CCOC(=O)N1c2cc(OCCCC(=O)Nc3cc(C(=O)Nc4ccc(-c5cc(C)c(C(=O)Nc6ccc(N)cc6)s5)nc4)n(C)c3)c(C)cc2C(=O)N2CCCC[C@H]2C1OC1CCCCO1. The van der Waals surface area contributed by atoms with Crippen molar-refractivity contribution in [3.05, 3.63) is 113 Å². The average Bonchev–Trinajstić information content (AvgIpc) is 3.89. The molecule has 0 radical (unpaired) electrons. The van der Waals surface area contributed by atoms with E-state index in [0.717, 1.165) is 36.1 Å². The van der Waals surface area contributed by atoms with E-state index in [-0.39, 0.29) is 37.4 Å². The Kier molecular flexibility index (Phi) is 14.9. The Morgan fingerprint density at radius 3 is 2.46 bits per heavy atom. The number of thiophene rings is 1. The van der Waals surface area contributed by atoms with Gasteiger partial charge in [-0.05, 0) is 125 Å². The largest absolute Gasteiger partial charge is 0.493 e. The van der Waals surface area contributed by atoms with E-state index in [1.807, 2.05) is 24.8 Å². The van der Waals surface area contributed by atoms with E-state index < -0.39 is 30.6 Å². The molecule has 3 atom stereocenters. The number of benzene rings is 2. The predicted octanol–water partition coefficient (Wildman–Crippen LogP) is 8.66. The second-order valence-electron chi connectivity index (χ2n) is 17.1. The number of carbonyl (C=O) groups is 5. The number of aryl methyl sites for hydroxylation is 3. The van der Waals surface area contributed by atoms with Crippen molar-refractivity contribution in [2.75, 3.05) is 52.9 Å². The van der Waals surface area contributed by atoms with Crippen LogP contribution < -0.4 is 31.3 Å². The number of nitrogen functional groups attached to an aromatic ring is 1. The summed E-state index contributed by atoms with van der Waals surface area (Å²) in [6, 6.07) is 16.9. The van der Waals surface area contributed by atoms with Crippen molar-refractivity contribution >= 4 is 69.5 Å². The highest BCUT2D eigenvalue weighted by Crippen LogP contribution is 2.40. The third-order valence-corrected chi connectivity index (χ3v) is 13.3. The predicted molar refractivity (Wildman–Crippen MR) is 260 cm³/mol. The molecule has 3 aromatic heterocycles. The minimum absolute atomic E-state index is 0.0307. The van der Waals surface area contributed by atoms with Gasteiger partial charge in [-0.2, -0.15) is 0 Å². The van der Waals surface area contributed by atoms with Crippen molar-refractivity contribution < 1.29 is 42.9 Å². The van der Waals surface area contributed by atoms with Crippen LogP contribution in [0.1, 0.15) is 93.0 Å². The number of ether oxygens (including phenoxy) is 4. The third-order valence-electron chi connectivity index (χ3n) is 12.0. The topological polar surface area (TPSA) is 209 Å². The lowest BCUT2D eigenvalue weighted by Crippen LogP contribution is -2.57. The van der Waals surface area contributed by atoms with Gasteiger partial charge in [-0.25, -0.2) is 9.69 Å². The van der Waals surface area contributed by atoms with Crippen LogP contribution in [0.5, 0.6) is 5.75 Å². The number of carbonyl (C=O) groups excluding carboxylic acids is 5. The van der Waals surface area contributed by atoms with Crippen molar-refractivity contribution in [1.29, 1.82) is 0 Å². The molecular weight excluding hydrogens is 889 g/mol. The molecule has 3 aliphatic rings. The lowest BCUT2D eigenvalue weighted by Gasteiger charge is -2.42. The first-order valence-electron chi connectivity index (χ1n) is 22.8. The lowest BCUT2D eigenvalue weighted by atomic mass is 10.00. The highest BCUT2D eigenvalue weighted by Gasteiger charge is 2.46. The number of hydrogen-bond donors (Lipinski definition) is 4. The van der Waals surface area contributed by atoms with Crippen LogP contribution in [0.2, 0.25) is 0 Å². The van der Waals surface area contributed by atoms with Gasteiger partial charge in [0.15, 0.2) is 12.5 Å². The molecule has 68 heavy (non-hydrogen) atoms. The third kappa shape index (κ3) is 10.9. The molecule has 2 fully saturated rings. The Morgan fingerprint density at radius 2 is 1.71 bits per heavy atom. The first kappa shape index (κ1) is 47.5. The number of piperidine rings is 1. The van der Waals surface area contributed by atoms with Crippen molar-refractivity contribution in [3.63, 3.8) is 0 Å². The molecule has 5 aromatic rings. The van der Waals surface area contributed by atoms with Gasteiger partial charge in [0, 0.05) is 50.3 Å². The zero-order valence-corrected chi connectivity index (χ0v) is 39.2. The van der Waals surface area contributed by atoms with E-state index >= 15 is 0 Å². The molecule has 17 nitrogen and oxygen atoms in total. The number of rotatable bonds is 15. The van der Waals surface area contributed by atoms with Gasteiger partial charge in [-0.3, -0.25) is 24.2 Å². The summed E-state index contributed by atoms with van der Waals surface area (Å²) >= 11 is 1.32. The summed E-state index contributed by atoms with van der Waals surface area (Å²) in [4.78, 5) is 76.8. The molecule has 5 N–H and O–H groups in total. The molecule has 2 saturated heterocycles. The molecule has 2 aromatic carbocycles. The number of pyridine rings is 1. The number of hydrogen-bond acceptors (Lipinski definition) is 12. The molecule has 2 unspecified atom stereocenters. The fraction of sp³-hybridized carbons (Fsp3) is 0.360. The zero-order valence-electron chi connectivity index (χ0n) is 38.4. The number of nitrogens with one attached hydrogen (secondary N) is 3. The van der Waals surface area contributed by atoms with Crippen molar-refractivity contribution in [3.8, 4) is 16.3 Å². The first-order chi connectivity index (χ1) is 32.9. The van der Waals surface area contributed by atoms with Crippen molar-refractivity contribution in [2.24, 2.45) is 7.05 Å². The van der Waals surface area contributed by atoms with Crippen LogP contribution in [-0.4, -0.2) is 89.1 Å². The normalized spacial score (nSPS) is 17.9. The Hall–Kier alpha value is -7.02. The Morgan fingerprint density at radius 1 is 0.926 bits per heavy atom. The number of amides is 5. The highest BCUT2D eigenvalue weighted by molar-refractivity contribution is 7.17. The summed E-state index contributed by atoms with van der Waals surface area (Å²) in [7, 11) is 1.71. The fourth-order valence-corrected chi connectivity index (χ4v) is 9.64. The standard InChI is InChI=1S/C50H56N8O9S/c1-5-21-66-50(63)58-39-27-41(30(2)24-36(39)48(62)57-20-8-6-11-38(57)49(58)67-44-13-7-9-22-65-44)64-23-10-12-43(59)53-35-26-40(56(4)29-35)46(60)55-34-18-19-37(52-28-34)42-25-31(3)45(68-42)47(61)54-33-16-14-32(51)15-17-33/h5,14-19,24-29,38,44,49H,1,6-13,20-23,51H2,2-4H3,(H,53,59)(H,54,61)(H,55,60)/t38-,44?,49?/m0/s1. The summed E-state index contributed by atoms with van der Waals surface area (Å²) in [6.45, 7) is 8.61. The number of aromatic nitrogens is 2. The molecule has 0 aliphatic carbocycles. The second-order valence-corrected chi connectivity index (χ2v) is 18.1. The number of anilines is 5. The van der Waals surface area contributed by atoms with Crippen LogP contribution in [0, 0.1) is 13.8 Å².